The number of carboxylic acids is 1. The third kappa shape index (κ3) is 4.11. The molecular formula is C18H11ClF4N2O2. The molecule has 0 unspecified atom stereocenters. The van der Waals surface area contributed by atoms with Crippen LogP contribution in [-0.2, 0) is 17.5 Å². The second-order valence-electron chi connectivity index (χ2n) is 5.68. The molecule has 3 rings (SSSR count). The second kappa shape index (κ2) is 7.03. The Balaban J connectivity index is 2.15. The SMILES string of the molecule is O=C(O)C=Cc1nn(Cc2ccc(F)cc2Cl)c2cc(C(F)(F)F)ccc12. The summed E-state index contributed by atoms with van der Waals surface area (Å²) < 4.78 is 53.7. The minimum absolute atomic E-state index is 0.0160. The fraction of sp³-hybridized carbons (Fsp3) is 0.111. The minimum atomic E-state index is -4.55. The minimum Gasteiger partial charge on any atom is -0.478 e. The van der Waals surface area contributed by atoms with Crippen LogP contribution in [0.3, 0.4) is 0 Å². The maximum atomic E-state index is 13.2. The van der Waals surface area contributed by atoms with E-state index in [0.29, 0.717) is 10.9 Å². The van der Waals surface area contributed by atoms with Crippen molar-refractivity contribution in [1.82, 2.24) is 9.78 Å². The lowest BCUT2D eigenvalue weighted by molar-refractivity contribution is -0.137. The second-order valence-corrected chi connectivity index (χ2v) is 6.09. The number of hydrogen-bond donors (Lipinski definition) is 1. The molecule has 1 heterocycles. The Bertz CT molecular complexity index is 1060. The predicted octanol–water partition coefficient (Wildman–Crippen LogP) is 4.99. The number of alkyl halides is 3. The van der Waals surface area contributed by atoms with E-state index in [1.54, 1.807) is 0 Å². The highest BCUT2D eigenvalue weighted by molar-refractivity contribution is 6.31. The predicted molar refractivity (Wildman–Crippen MR) is 91.9 cm³/mol. The molecule has 0 fully saturated rings. The van der Waals surface area contributed by atoms with E-state index in [9.17, 15) is 22.4 Å². The fourth-order valence-corrected chi connectivity index (χ4v) is 2.81. The highest BCUT2D eigenvalue weighted by atomic mass is 35.5. The van der Waals surface area contributed by atoms with Crippen LogP contribution in [-0.4, -0.2) is 20.9 Å². The molecule has 9 heteroatoms. The van der Waals surface area contributed by atoms with E-state index in [4.69, 9.17) is 16.7 Å². The Labute approximate surface area is 155 Å². The molecule has 27 heavy (non-hydrogen) atoms. The average Bonchev–Trinajstić information content (AvgIpc) is 2.92. The van der Waals surface area contributed by atoms with Crippen molar-refractivity contribution in [2.75, 3.05) is 0 Å². The van der Waals surface area contributed by atoms with Crippen LogP contribution in [0, 0.1) is 5.82 Å². The highest BCUT2D eigenvalue weighted by Crippen LogP contribution is 2.33. The molecule has 1 aromatic heterocycles. The van der Waals surface area contributed by atoms with Gasteiger partial charge in [-0.1, -0.05) is 17.7 Å². The van der Waals surface area contributed by atoms with Crippen molar-refractivity contribution in [3.8, 4) is 0 Å². The van der Waals surface area contributed by atoms with Crippen LogP contribution in [0.25, 0.3) is 17.0 Å². The third-order valence-electron chi connectivity index (χ3n) is 3.83. The van der Waals surface area contributed by atoms with Gasteiger partial charge in [0, 0.05) is 16.5 Å². The van der Waals surface area contributed by atoms with Crippen molar-refractivity contribution in [2.45, 2.75) is 12.7 Å². The lowest BCUT2D eigenvalue weighted by atomic mass is 10.1. The molecule has 0 radical (unpaired) electrons. The van der Waals surface area contributed by atoms with Gasteiger partial charge in [-0.3, -0.25) is 4.68 Å². The summed E-state index contributed by atoms with van der Waals surface area (Å²) in [5, 5.41) is 13.4. The summed E-state index contributed by atoms with van der Waals surface area (Å²) in [5.74, 6) is -1.76. The Morgan fingerprint density at radius 2 is 1.96 bits per heavy atom. The van der Waals surface area contributed by atoms with Gasteiger partial charge >= 0.3 is 12.1 Å². The molecule has 0 atom stereocenters. The van der Waals surface area contributed by atoms with Gasteiger partial charge in [0.25, 0.3) is 0 Å². The van der Waals surface area contributed by atoms with Gasteiger partial charge in [0.1, 0.15) is 5.82 Å². The quantitative estimate of drug-likeness (QED) is 0.497. The summed E-state index contributed by atoms with van der Waals surface area (Å²) in [7, 11) is 0. The van der Waals surface area contributed by atoms with E-state index >= 15 is 0 Å². The fourth-order valence-electron chi connectivity index (χ4n) is 2.58. The zero-order chi connectivity index (χ0) is 19.8. The zero-order valence-electron chi connectivity index (χ0n) is 13.5. The summed E-state index contributed by atoms with van der Waals surface area (Å²) in [6.07, 6.45) is -2.51. The number of fused-ring (bicyclic) bond motifs is 1. The van der Waals surface area contributed by atoms with Crippen LogP contribution < -0.4 is 0 Å². The van der Waals surface area contributed by atoms with E-state index in [2.05, 4.69) is 5.10 Å². The first-order valence-corrected chi connectivity index (χ1v) is 7.95. The molecule has 140 valence electrons. The topological polar surface area (TPSA) is 55.1 Å². The molecule has 4 nitrogen and oxygen atoms in total. The summed E-state index contributed by atoms with van der Waals surface area (Å²) in [6, 6.07) is 6.74. The first-order valence-electron chi connectivity index (χ1n) is 7.58. The van der Waals surface area contributed by atoms with Gasteiger partial charge in [-0.2, -0.15) is 18.3 Å². The largest absolute Gasteiger partial charge is 0.478 e. The summed E-state index contributed by atoms with van der Waals surface area (Å²) in [5.41, 5.74) is -0.0710. The van der Waals surface area contributed by atoms with Gasteiger partial charge < -0.3 is 5.11 Å². The Morgan fingerprint density at radius 3 is 2.59 bits per heavy atom. The molecule has 1 N–H and O–H groups in total. The monoisotopic (exact) mass is 398 g/mol. The number of halogens is 5. The van der Waals surface area contributed by atoms with Crippen molar-refractivity contribution < 1.29 is 27.5 Å². The van der Waals surface area contributed by atoms with E-state index in [1.807, 2.05) is 0 Å². The van der Waals surface area contributed by atoms with Gasteiger partial charge in [0.15, 0.2) is 0 Å². The van der Waals surface area contributed by atoms with Gasteiger partial charge in [0.05, 0.1) is 23.3 Å². The number of carboxylic acid groups (broad SMARTS) is 1. The van der Waals surface area contributed by atoms with E-state index in [1.165, 1.54) is 29.0 Å². The number of carbonyl (C=O) groups is 1. The van der Waals surface area contributed by atoms with Crippen LogP contribution in [0.1, 0.15) is 16.8 Å². The number of aromatic nitrogens is 2. The number of benzene rings is 2. The number of rotatable bonds is 4. The highest BCUT2D eigenvalue weighted by Gasteiger charge is 2.31. The van der Waals surface area contributed by atoms with E-state index < -0.39 is 23.5 Å². The lowest BCUT2D eigenvalue weighted by Gasteiger charge is -2.09. The standard InChI is InChI=1S/C18H11ClF4N2O2/c19-14-8-12(20)3-1-10(14)9-25-16-7-11(18(21,22)23)2-4-13(16)15(24-25)5-6-17(26)27/h1-8H,9H2,(H,26,27). The molecule has 0 saturated heterocycles. The first-order chi connectivity index (χ1) is 12.6. The maximum absolute atomic E-state index is 13.2. The summed E-state index contributed by atoms with van der Waals surface area (Å²) in [6.45, 7) is -0.0160. The Hall–Kier alpha value is -2.87. The van der Waals surface area contributed by atoms with Gasteiger partial charge in [-0.15, -0.1) is 0 Å². The van der Waals surface area contributed by atoms with Crippen molar-refractivity contribution in [3.05, 3.63) is 70.1 Å². The van der Waals surface area contributed by atoms with Crippen molar-refractivity contribution in [3.63, 3.8) is 0 Å². The normalized spacial score (nSPS) is 12.2. The Morgan fingerprint density at radius 1 is 1.22 bits per heavy atom. The van der Waals surface area contributed by atoms with Crippen LogP contribution in [0.4, 0.5) is 17.6 Å². The molecule has 0 aliphatic carbocycles. The van der Waals surface area contributed by atoms with Crippen molar-refractivity contribution in [2.24, 2.45) is 0 Å². The van der Waals surface area contributed by atoms with Crippen molar-refractivity contribution >= 4 is 34.5 Å². The number of nitrogens with zero attached hydrogens (tertiary/aromatic N) is 2. The Kier molecular flexibility index (Phi) is 4.93. The molecule has 0 aliphatic rings. The van der Waals surface area contributed by atoms with Gasteiger partial charge in [-0.25, -0.2) is 9.18 Å². The van der Waals surface area contributed by atoms with Gasteiger partial charge in [0.2, 0.25) is 0 Å². The number of hydrogen-bond acceptors (Lipinski definition) is 2. The van der Waals surface area contributed by atoms with E-state index in [-0.39, 0.29) is 22.8 Å². The van der Waals surface area contributed by atoms with Crippen molar-refractivity contribution in [1.29, 1.82) is 0 Å². The molecule has 0 saturated carbocycles. The first kappa shape index (κ1) is 18.9. The molecule has 3 aromatic rings. The molecule has 0 aliphatic heterocycles. The zero-order valence-corrected chi connectivity index (χ0v) is 14.2. The van der Waals surface area contributed by atoms with Crippen LogP contribution in [0.15, 0.2) is 42.5 Å². The molecule has 0 amide bonds. The lowest BCUT2D eigenvalue weighted by Crippen LogP contribution is -2.06. The smallest absolute Gasteiger partial charge is 0.416 e. The summed E-state index contributed by atoms with van der Waals surface area (Å²) >= 11 is 5.99. The average molecular weight is 399 g/mol. The van der Waals surface area contributed by atoms with Crippen LogP contribution in [0.5, 0.6) is 0 Å². The third-order valence-corrected chi connectivity index (χ3v) is 4.18. The number of aliphatic carboxylic acids is 1. The molecule has 0 bridgehead atoms. The summed E-state index contributed by atoms with van der Waals surface area (Å²) in [4.78, 5) is 10.7. The molecular weight excluding hydrogens is 388 g/mol. The van der Waals surface area contributed by atoms with E-state index in [0.717, 1.165) is 24.3 Å². The van der Waals surface area contributed by atoms with Crippen LogP contribution >= 0.6 is 11.6 Å². The maximum Gasteiger partial charge on any atom is 0.416 e. The molecule has 0 spiro atoms. The van der Waals surface area contributed by atoms with Crippen LogP contribution in [0.2, 0.25) is 5.02 Å². The molecule has 2 aromatic carbocycles. The van der Waals surface area contributed by atoms with Gasteiger partial charge in [-0.05, 0) is 42.0 Å².